The van der Waals surface area contributed by atoms with E-state index >= 15 is 0 Å². The number of carbonyl (C=O) groups excluding carboxylic acids is 4. The second-order valence-electron chi connectivity index (χ2n) is 0.544. The predicted octanol–water partition coefficient (Wildman–Crippen LogP) is -1.21. The Labute approximate surface area is 56.0 Å². The highest BCUT2D eigenvalue weighted by Gasteiger charge is 1.47. The molecule has 0 aromatic heterocycles. The molecule has 0 aromatic rings. The minimum atomic E-state index is 0.194. The molecule has 0 bridgehead atoms. The molecule has 0 aliphatic carbocycles. The van der Waals surface area contributed by atoms with Crippen LogP contribution in [0.5, 0.6) is 0 Å². The van der Waals surface area contributed by atoms with Crippen molar-refractivity contribution < 1.29 is 29.7 Å². The summed E-state index contributed by atoms with van der Waals surface area (Å²) in [5.74, 6) is 0. The molecule has 0 heterocycles. The van der Waals surface area contributed by atoms with Crippen LogP contribution in [0.15, 0.2) is 0 Å². The molecule has 10 heavy (non-hydrogen) atoms. The van der Waals surface area contributed by atoms with E-state index in [-0.39, 0.29) is 25.1 Å². The minimum absolute atomic E-state index is 0.194. The van der Waals surface area contributed by atoms with Gasteiger partial charge in [-0.05, 0) is 0 Å². The predicted molar refractivity (Wildman–Crippen MR) is 29.5 cm³/mol. The fourth-order valence-electron chi connectivity index (χ4n) is 0. The molecule has 0 spiro atoms. The van der Waals surface area contributed by atoms with Crippen molar-refractivity contribution in [2.45, 2.75) is 0 Å². The SMILES string of the molecule is O=CC=O.O=CC=O.OO. The van der Waals surface area contributed by atoms with Gasteiger partial charge in [0.2, 0.25) is 0 Å². The summed E-state index contributed by atoms with van der Waals surface area (Å²) in [7, 11) is 0. The molecular weight excluding hydrogens is 144 g/mol. The van der Waals surface area contributed by atoms with Crippen LogP contribution in [0, 0.1) is 0 Å². The Kier molecular flexibility index (Phi) is 77.6. The summed E-state index contributed by atoms with van der Waals surface area (Å²) in [5.41, 5.74) is 0. The summed E-state index contributed by atoms with van der Waals surface area (Å²) in [6.07, 6.45) is 0.778. The molecule has 0 fully saturated rings. The average Bonchev–Trinajstić information content (AvgIpc) is 2.08. The maximum absolute atomic E-state index is 8.81. The summed E-state index contributed by atoms with van der Waals surface area (Å²) >= 11 is 0. The van der Waals surface area contributed by atoms with Crippen LogP contribution in [0.1, 0.15) is 0 Å². The van der Waals surface area contributed by atoms with Gasteiger partial charge >= 0.3 is 0 Å². The van der Waals surface area contributed by atoms with E-state index in [0.29, 0.717) is 0 Å². The van der Waals surface area contributed by atoms with E-state index in [9.17, 15) is 0 Å². The first kappa shape index (κ1) is 15.8. The minimum Gasteiger partial charge on any atom is -0.295 e. The standard InChI is InChI=1S/2C2H2O2.H2O2/c2*3-1-2-4;1-2/h2*1-2H;1-2H. The molecule has 2 N–H and O–H groups in total. The third kappa shape index (κ3) is 575. The molecule has 0 radical (unpaired) electrons. The van der Waals surface area contributed by atoms with E-state index in [1.807, 2.05) is 0 Å². The number of hydrogen-bond acceptors (Lipinski definition) is 6. The van der Waals surface area contributed by atoms with Crippen LogP contribution in [0.4, 0.5) is 0 Å². The average molecular weight is 150 g/mol. The van der Waals surface area contributed by atoms with Gasteiger partial charge in [0, 0.05) is 0 Å². The normalized spacial score (nSPS) is 4.60. The topological polar surface area (TPSA) is 109 Å². The second-order valence-corrected chi connectivity index (χ2v) is 0.544. The van der Waals surface area contributed by atoms with E-state index in [1.54, 1.807) is 0 Å². The summed E-state index contributed by atoms with van der Waals surface area (Å²) in [6, 6.07) is 0. The Morgan fingerprint density at radius 2 is 0.700 bits per heavy atom. The van der Waals surface area contributed by atoms with E-state index in [4.69, 9.17) is 29.7 Å². The molecule has 0 aliphatic rings. The highest BCUT2D eigenvalue weighted by Crippen LogP contribution is 1.12. The van der Waals surface area contributed by atoms with E-state index in [2.05, 4.69) is 0 Å². The number of rotatable bonds is 2. The Balaban J connectivity index is -0.0000000787. The van der Waals surface area contributed by atoms with Crippen molar-refractivity contribution in [3.05, 3.63) is 0 Å². The molecule has 0 aromatic carbocycles. The summed E-state index contributed by atoms with van der Waals surface area (Å²) < 4.78 is 0. The third-order valence-corrected chi connectivity index (χ3v) is 0.111. The molecule has 0 saturated carbocycles. The second kappa shape index (κ2) is 49.0. The molecule has 0 aliphatic heterocycles. The van der Waals surface area contributed by atoms with Gasteiger partial charge in [-0.25, -0.2) is 0 Å². The van der Waals surface area contributed by atoms with E-state index in [1.165, 1.54) is 0 Å². The van der Waals surface area contributed by atoms with Crippen molar-refractivity contribution in [3.63, 3.8) is 0 Å². The smallest absolute Gasteiger partial charge is 0.182 e. The van der Waals surface area contributed by atoms with Crippen molar-refractivity contribution in [1.29, 1.82) is 0 Å². The van der Waals surface area contributed by atoms with Gasteiger partial charge in [-0.3, -0.25) is 29.7 Å². The van der Waals surface area contributed by atoms with Gasteiger partial charge in [-0.15, -0.1) is 0 Å². The molecule has 0 amide bonds. The lowest BCUT2D eigenvalue weighted by Crippen LogP contribution is -1.62. The van der Waals surface area contributed by atoms with Crippen molar-refractivity contribution >= 4 is 25.1 Å². The monoisotopic (exact) mass is 150 g/mol. The van der Waals surface area contributed by atoms with Crippen molar-refractivity contribution in [2.75, 3.05) is 0 Å². The van der Waals surface area contributed by atoms with Crippen LogP contribution in [0.3, 0.4) is 0 Å². The zero-order chi connectivity index (χ0) is 8.83. The molecule has 6 heteroatoms. The molecule has 0 rings (SSSR count). The van der Waals surface area contributed by atoms with Gasteiger partial charge in [0.15, 0.2) is 25.1 Å². The van der Waals surface area contributed by atoms with E-state index < -0.39 is 0 Å². The van der Waals surface area contributed by atoms with Crippen LogP contribution in [-0.4, -0.2) is 35.7 Å². The number of hydrogen-bond donors (Lipinski definition) is 2. The van der Waals surface area contributed by atoms with E-state index in [0.717, 1.165) is 0 Å². The lowest BCUT2D eigenvalue weighted by molar-refractivity contribution is -0.176. The van der Waals surface area contributed by atoms with Crippen LogP contribution >= 0.6 is 0 Å². The number of carbonyl (C=O) groups is 4. The van der Waals surface area contributed by atoms with Gasteiger partial charge < -0.3 is 0 Å². The van der Waals surface area contributed by atoms with Crippen LogP contribution in [0.25, 0.3) is 0 Å². The Bertz CT molecular complexity index is 63.7. The molecule has 0 saturated heterocycles. The van der Waals surface area contributed by atoms with Crippen LogP contribution in [-0.2, 0) is 19.2 Å². The maximum atomic E-state index is 8.81. The quantitative estimate of drug-likeness (QED) is 0.221. The molecule has 0 atom stereocenters. The van der Waals surface area contributed by atoms with Gasteiger partial charge in [0.25, 0.3) is 0 Å². The molecule has 6 nitrogen and oxygen atoms in total. The van der Waals surface area contributed by atoms with Crippen LogP contribution < -0.4 is 0 Å². The Morgan fingerprint density at radius 3 is 0.700 bits per heavy atom. The van der Waals surface area contributed by atoms with Gasteiger partial charge in [-0.2, -0.15) is 0 Å². The fraction of sp³-hybridized carbons (Fsp3) is 0. The van der Waals surface area contributed by atoms with Crippen molar-refractivity contribution in [2.24, 2.45) is 0 Å². The summed E-state index contributed by atoms with van der Waals surface area (Å²) in [5, 5.41) is 12.0. The lowest BCUT2D eigenvalue weighted by atomic mass is 10.9. The highest BCUT2D eigenvalue weighted by molar-refractivity contribution is 6.09. The Hall–Kier alpha value is -1.40. The molecule has 58 valence electrons. The molecular formula is C4H6O6. The summed E-state index contributed by atoms with van der Waals surface area (Å²) in [4.78, 5) is 35.2. The first-order chi connectivity index (χ1) is 4.83. The zero-order valence-electron chi connectivity index (χ0n) is 4.84. The van der Waals surface area contributed by atoms with Crippen molar-refractivity contribution in [1.82, 2.24) is 0 Å². The Morgan fingerprint density at radius 1 is 0.600 bits per heavy atom. The first-order valence-corrected chi connectivity index (χ1v) is 1.81. The fourth-order valence-corrected chi connectivity index (χ4v) is 0. The van der Waals surface area contributed by atoms with Gasteiger partial charge in [-0.1, -0.05) is 0 Å². The summed E-state index contributed by atoms with van der Waals surface area (Å²) in [6.45, 7) is 0. The largest absolute Gasteiger partial charge is 0.295 e. The molecule has 0 unspecified atom stereocenters. The number of aldehydes is 4. The first-order valence-electron chi connectivity index (χ1n) is 1.81. The third-order valence-electron chi connectivity index (χ3n) is 0.111. The van der Waals surface area contributed by atoms with Crippen LogP contribution in [0.2, 0.25) is 0 Å². The highest BCUT2D eigenvalue weighted by atomic mass is 17.0. The zero-order valence-corrected chi connectivity index (χ0v) is 4.84. The van der Waals surface area contributed by atoms with Gasteiger partial charge in [0.05, 0.1) is 0 Å². The van der Waals surface area contributed by atoms with Gasteiger partial charge in [0.1, 0.15) is 0 Å². The lowest BCUT2D eigenvalue weighted by Gasteiger charge is -1.31. The maximum Gasteiger partial charge on any atom is 0.182 e. The van der Waals surface area contributed by atoms with Crippen molar-refractivity contribution in [3.8, 4) is 0 Å².